The maximum absolute atomic E-state index is 12.7. The molecule has 0 aromatic heterocycles. The van der Waals surface area contributed by atoms with E-state index in [1.165, 1.54) is 23.9 Å². The number of epoxide rings is 1. The second-order valence-electron chi connectivity index (χ2n) is 8.84. The molecule has 33 heavy (non-hydrogen) atoms. The summed E-state index contributed by atoms with van der Waals surface area (Å²) in [5, 5.41) is 2.86. The molecule has 3 aliphatic heterocycles. The lowest BCUT2D eigenvalue weighted by molar-refractivity contribution is -0.117. The van der Waals surface area contributed by atoms with Gasteiger partial charge in [-0.05, 0) is 38.0 Å². The van der Waals surface area contributed by atoms with Gasteiger partial charge in [0.2, 0.25) is 12.2 Å². The van der Waals surface area contributed by atoms with Gasteiger partial charge in [-0.25, -0.2) is 4.79 Å². The first kappa shape index (κ1) is 21.9. The summed E-state index contributed by atoms with van der Waals surface area (Å²) in [6, 6.07) is 13.7. The zero-order chi connectivity index (χ0) is 22.9. The van der Waals surface area contributed by atoms with Crippen LogP contribution >= 0.6 is 0 Å². The van der Waals surface area contributed by atoms with Crippen LogP contribution in [0.4, 0.5) is 11.4 Å². The molecule has 2 saturated heterocycles. The smallest absolute Gasteiger partial charge is 0.339 e. The van der Waals surface area contributed by atoms with Crippen molar-refractivity contribution in [2.75, 3.05) is 37.0 Å². The number of carbonyl (C=O) groups is 2. The molecule has 1 amide bonds. The van der Waals surface area contributed by atoms with Gasteiger partial charge in [0.15, 0.2) is 6.23 Å². The number of esters is 1. The minimum atomic E-state index is -0.468. The molecule has 5 rings (SSSR count). The first-order valence-electron chi connectivity index (χ1n) is 11.4. The minimum absolute atomic E-state index is 0.0244. The normalized spacial score (nSPS) is 22.7. The van der Waals surface area contributed by atoms with E-state index in [1.54, 1.807) is 24.3 Å². The van der Waals surface area contributed by atoms with Gasteiger partial charge in [0.05, 0.1) is 31.5 Å². The highest BCUT2D eigenvalue weighted by Crippen LogP contribution is 2.41. The molecule has 8 nitrogen and oxygen atoms in total. The maximum atomic E-state index is 12.7. The summed E-state index contributed by atoms with van der Waals surface area (Å²) >= 11 is 0. The summed E-state index contributed by atoms with van der Waals surface area (Å²) in [6.45, 7) is 4.57. The molecule has 0 bridgehead atoms. The third kappa shape index (κ3) is 4.59. The molecule has 2 atom stereocenters. The molecule has 2 aromatic rings. The number of piperidine rings is 1. The second kappa shape index (κ2) is 9.13. The van der Waals surface area contributed by atoms with E-state index < -0.39 is 5.97 Å². The van der Waals surface area contributed by atoms with E-state index in [2.05, 4.69) is 40.2 Å². The van der Waals surface area contributed by atoms with Crippen molar-refractivity contribution < 1.29 is 23.8 Å². The number of nitrogens with one attached hydrogen (secondary N) is 1. The van der Waals surface area contributed by atoms with Crippen LogP contribution in [0.2, 0.25) is 0 Å². The number of likely N-dealkylation sites (tertiary alicyclic amines) is 1. The number of benzene rings is 2. The number of para-hydroxylation sites is 1. The molecule has 0 aliphatic carbocycles. The van der Waals surface area contributed by atoms with Gasteiger partial charge >= 0.3 is 5.97 Å². The van der Waals surface area contributed by atoms with Crippen LogP contribution < -0.4 is 10.2 Å². The Morgan fingerprint density at radius 1 is 1.15 bits per heavy atom. The predicted molar refractivity (Wildman–Crippen MR) is 123 cm³/mol. The number of rotatable bonds is 5. The predicted octanol–water partition coefficient (Wildman–Crippen LogP) is 2.90. The van der Waals surface area contributed by atoms with Crippen molar-refractivity contribution in [1.82, 2.24) is 4.90 Å². The van der Waals surface area contributed by atoms with E-state index in [0.717, 1.165) is 25.9 Å². The van der Waals surface area contributed by atoms with Crippen molar-refractivity contribution in [3.63, 3.8) is 0 Å². The van der Waals surface area contributed by atoms with E-state index in [0.29, 0.717) is 23.9 Å². The Labute approximate surface area is 193 Å². The van der Waals surface area contributed by atoms with Crippen LogP contribution in [0.3, 0.4) is 0 Å². The SMILES string of the molecule is COC(=O)c1ccccc1NC(=O)CN1CCC(N2c3ccc(C)cc3COC3OC32)CC1. The standard InChI is InChI=1S/C25H29N3O5/c1-16-7-8-21-17(13-16)15-32-25-23(33-25)28(21)18-9-11-27(12-10-18)14-22(29)26-20-6-4-3-5-19(20)24(30)31-2/h3-8,13,18,23,25H,9-12,14-15H2,1-2H3,(H,26,29). The van der Waals surface area contributed by atoms with E-state index in [1.807, 2.05) is 0 Å². The molecule has 0 saturated carbocycles. The summed E-state index contributed by atoms with van der Waals surface area (Å²) in [4.78, 5) is 29.2. The number of nitrogens with zero attached hydrogens (tertiary/aromatic N) is 2. The van der Waals surface area contributed by atoms with Crippen LogP contribution in [0.5, 0.6) is 0 Å². The highest BCUT2D eigenvalue weighted by Gasteiger charge is 2.50. The van der Waals surface area contributed by atoms with Crippen molar-refractivity contribution in [3.8, 4) is 0 Å². The first-order valence-corrected chi connectivity index (χ1v) is 11.4. The number of ether oxygens (including phenoxy) is 3. The van der Waals surface area contributed by atoms with Crippen LogP contribution in [0.15, 0.2) is 42.5 Å². The molecule has 3 heterocycles. The van der Waals surface area contributed by atoms with Crippen LogP contribution in [-0.2, 0) is 25.6 Å². The summed E-state index contributed by atoms with van der Waals surface area (Å²) in [7, 11) is 1.33. The average Bonchev–Trinajstić information content (AvgIpc) is 3.60. The molecule has 8 heteroatoms. The molecule has 2 aromatic carbocycles. The van der Waals surface area contributed by atoms with E-state index >= 15 is 0 Å². The lowest BCUT2D eigenvalue weighted by Gasteiger charge is -2.39. The Balaban J connectivity index is 1.20. The Hall–Kier alpha value is -2.94. The third-order valence-corrected chi connectivity index (χ3v) is 6.54. The van der Waals surface area contributed by atoms with Gasteiger partial charge in [0, 0.05) is 30.4 Å². The van der Waals surface area contributed by atoms with Crippen molar-refractivity contribution >= 4 is 23.3 Å². The topological polar surface area (TPSA) is 83.6 Å². The fraction of sp³-hybridized carbons (Fsp3) is 0.440. The van der Waals surface area contributed by atoms with Crippen LogP contribution in [-0.4, -0.2) is 62.1 Å². The molecular formula is C25H29N3O5. The monoisotopic (exact) mass is 451 g/mol. The van der Waals surface area contributed by atoms with Crippen LogP contribution in [0.25, 0.3) is 0 Å². The summed E-state index contributed by atoms with van der Waals surface area (Å²) in [6.07, 6.45) is 1.69. The zero-order valence-corrected chi connectivity index (χ0v) is 19.0. The van der Waals surface area contributed by atoms with Gasteiger partial charge in [-0.3, -0.25) is 9.69 Å². The maximum Gasteiger partial charge on any atom is 0.339 e. The Kier molecular flexibility index (Phi) is 6.05. The molecule has 3 aliphatic rings. The van der Waals surface area contributed by atoms with E-state index in [4.69, 9.17) is 14.2 Å². The van der Waals surface area contributed by atoms with Gasteiger partial charge in [0.25, 0.3) is 0 Å². The van der Waals surface area contributed by atoms with Crippen molar-refractivity contribution in [2.24, 2.45) is 0 Å². The van der Waals surface area contributed by atoms with Crippen LogP contribution in [0, 0.1) is 6.92 Å². The Bertz CT molecular complexity index is 1050. The van der Waals surface area contributed by atoms with E-state index in [9.17, 15) is 9.59 Å². The third-order valence-electron chi connectivity index (χ3n) is 6.54. The average molecular weight is 452 g/mol. The van der Waals surface area contributed by atoms with Gasteiger partial charge in [-0.15, -0.1) is 0 Å². The van der Waals surface area contributed by atoms with Crippen LogP contribution in [0.1, 0.15) is 34.3 Å². The first-order chi connectivity index (χ1) is 16.0. The molecule has 1 N–H and O–H groups in total. The van der Waals surface area contributed by atoms with E-state index in [-0.39, 0.29) is 25.0 Å². The largest absolute Gasteiger partial charge is 0.465 e. The molecule has 0 spiro atoms. The number of methoxy groups -OCH3 is 1. The number of hydrogen-bond acceptors (Lipinski definition) is 7. The van der Waals surface area contributed by atoms with Crippen molar-refractivity contribution in [3.05, 3.63) is 59.2 Å². The zero-order valence-electron chi connectivity index (χ0n) is 19.0. The molecule has 0 radical (unpaired) electrons. The number of carbonyl (C=O) groups excluding carboxylic acids is 2. The molecule has 174 valence electrons. The summed E-state index contributed by atoms with van der Waals surface area (Å²) in [5.74, 6) is -0.608. The Morgan fingerprint density at radius 2 is 1.94 bits per heavy atom. The lowest BCUT2D eigenvalue weighted by atomic mass is 10.0. The molecular weight excluding hydrogens is 422 g/mol. The number of fused-ring (bicyclic) bond motifs is 2. The Morgan fingerprint density at radius 3 is 2.73 bits per heavy atom. The molecule has 2 unspecified atom stereocenters. The molecule has 2 fully saturated rings. The number of hydrogen-bond donors (Lipinski definition) is 1. The number of amides is 1. The second-order valence-corrected chi connectivity index (χ2v) is 8.84. The fourth-order valence-corrected chi connectivity index (χ4v) is 4.83. The highest BCUT2D eigenvalue weighted by molar-refractivity contribution is 6.01. The van der Waals surface area contributed by atoms with Crippen molar-refractivity contribution in [2.45, 2.75) is 44.9 Å². The fourth-order valence-electron chi connectivity index (χ4n) is 4.83. The van der Waals surface area contributed by atoms with Gasteiger partial charge in [-0.2, -0.15) is 0 Å². The lowest BCUT2D eigenvalue weighted by Crippen LogP contribution is -2.48. The quantitative estimate of drug-likeness (QED) is 0.553. The minimum Gasteiger partial charge on any atom is -0.465 e. The van der Waals surface area contributed by atoms with Gasteiger partial charge in [0.1, 0.15) is 0 Å². The van der Waals surface area contributed by atoms with Gasteiger partial charge < -0.3 is 24.4 Å². The summed E-state index contributed by atoms with van der Waals surface area (Å²) in [5.41, 5.74) is 4.45. The van der Waals surface area contributed by atoms with Gasteiger partial charge in [-0.1, -0.05) is 29.8 Å². The summed E-state index contributed by atoms with van der Waals surface area (Å²) < 4.78 is 16.5. The number of anilines is 2. The van der Waals surface area contributed by atoms with Crippen molar-refractivity contribution in [1.29, 1.82) is 0 Å². The highest BCUT2D eigenvalue weighted by atomic mass is 16.8. The number of aryl methyl sites for hydroxylation is 1.